The first-order valence-electron chi connectivity index (χ1n) is 8.49. The fraction of sp³-hybridized carbons (Fsp3) is 0.444. The van der Waals surface area contributed by atoms with E-state index < -0.39 is 0 Å². The highest BCUT2D eigenvalue weighted by molar-refractivity contribution is 9.10. The first kappa shape index (κ1) is 15.7. The molecule has 1 aromatic carbocycles. The van der Waals surface area contributed by atoms with Gasteiger partial charge in [0.05, 0.1) is 10.7 Å². The molecule has 2 aromatic rings. The lowest BCUT2D eigenvalue weighted by molar-refractivity contribution is 0.246. The van der Waals surface area contributed by atoms with Crippen molar-refractivity contribution in [2.75, 3.05) is 5.32 Å². The highest BCUT2D eigenvalue weighted by atomic mass is 79.9. The van der Waals surface area contributed by atoms with E-state index in [2.05, 4.69) is 43.8 Å². The fourth-order valence-corrected chi connectivity index (χ4v) is 4.12. The molecule has 2 aliphatic carbocycles. The second-order valence-electron chi connectivity index (χ2n) is 6.90. The molecular formula is C18H21BrN4O. The van der Waals surface area contributed by atoms with Crippen molar-refractivity contribution in [1.29, 1.82) is 0 Å². The van der Waals surface area contributed by atoms with Crippen molar-refractivity contribution in [2.24, 2.45) is 5.92 Å². The summed E-state index contributed by atoms with van der Waals surface area (Å²) in [5.74, 6) is 0.716. The Balaban J connectivity index is 1.28. The van der Waals surface area contributed by atoms with Gasteiger partial charge in [0.15, 0.2) is 0 Å². The van der Waals surface area contributed by atoms with Crippen LogP contribution in [-0.2, 0) is 13.0 Å². The quantitative estimate of drug-likeness (QED) is 0.814. The fourth-order valence-electron chi connectivity index (χ4n) is 3.79. The average molecular weight is 389 g/mol. The maximum Gasteiger partial charge on any atom is 0.319 e. The molecule has 126 valence electrons. The van der Waals surface area contributed by atoms with Crippen LogP contribution in [0.2, 0.25) is 0 Å². The molecule has 0 bridgehead atoms. The lowest BCUT2D eigenvalue weighted by Crippen LogP contribution is -2.39. The number of aromatic nitrogens is 2. The molecule has 2 aliphatic rings. The Morgan fingerprint density at radius 3 is 2.83 bits per heavy atom. The lowest BCUT2D eigenvalue weighted by atomic mass is 10.1. The Morgan fingerprint density at radius 1 is 1.38 bits per heavy atom. The summed E-state index contributed by atoms with van der Waals surface area (Å²) in [7, 11) is 0. The number of fused-ring (bicyclic) bond motifs is 1. The number of amides is 2. The maximum atomic E-state index is 12.2. The molecule has 0 aliphatic heterocycles. The summed E-state index contributed by atoms with van der Waals surface area (Å²) in [6.45, 7) is 0.836. The maximum absolute atomic E-state index is 12.2. The molecule has 5 nitrogen and oxygen atoms in total. The summed E-state index contributed by atoms with van der Waals surface area (Å²) >= 11 is 3.40. The molecule has 2 saturated carbocycles. The van der Waals surface area contributed by atoms with E-state index in [9.17, 15) is 4.79 Å². The standard InChI is InChI=1S/C18H21BrN4O/c19-15-11-20-23(12-15)9-7-13-3-5-16(6-4-13)21-17(24)22-18-8-1-2-14(18)10-18/h3-6,11-12,14H,1-2,7-10H2,(H2,21,22,24). The van der Waals surface area contributed by atoms with E-state index in [4.69, 9.17) is 0 Å². The Bertz CT molecular complexity index is 742. The number of nitrogens with one attached hydrogen (secondary N) is 2. The van der Waals surface area contributed by atoms with E-state index >= 15 is 0 Å². The van der Waals surface area contributed by atoms with Crippen molar-refractivity contribution in [3.8, 4) is 0 Å². The van der Waals surface area contributed by atoms with Crippen molar-refractivity contribution in [3.05, 3.63) is 46.7 Å². The predicted octanol–water partition coefficient (Wildman–Crippen LogP) is 3.95. The van der Waals surface area contributed by atoms with Crippen molar-refractivity contribution >= 4 is 27.6 Å². The first-order chi connectivity index (χ1) is 11.6. The Morgan fingerprint density at radius 2 is 2.21 bits per heavy atom. The summed E-state index contributed by atoms with van der Waals surface area (Å²) in [4.78, 5) is 12.2. The number of nitrogens with zero attached hydrogens (tertiary/aromatic N) is 2. The molecule has 2 unspecified atom stereocenters. The molecule has 0 saturated heterocycles. The topological polar surface area (TPSA) is 59.0 Å². The van der Waals surface area contributed by atoms with Gasteiger partial charge in [0.2, 0.25) is 0 Å². The van der Waals surface area contributed by atoms with Crippen molar-refractivity contribution in [3.63, 3.8) is 0 Å². The highest BCUT2D eigenvalue weighted by Gasteiger charge is 2.57. The monoisotopic (exact) mass is 388 g/mol. The molecule has 2 atom stereocenters. The second kappa shape index (κ2) is 6.24. The van der Waals surface area contributed by atoms with Crippen LogP contribution < -0.4 is 10.6 Å². The molecule has 6 heteroatoms. The third-order valence-electron chi connectivity index (χ3n) is 5.21. The van der Waals surface area contributed by atoms with Crippen LogP contribution in [0.5, 0.6) is 0 Å². The van der Waals surface area contributed by atoms with Crippen LogP contribution in [0, 0.1) is 5.92 Å². The highest BCUT2D eigenvalue weighted by Crippen LogP contribution is 2.55. The average Bonchev–Trinajstić information content (AvgIpc) is 2.89. The number of rotatable bonds is 5. The second-order valence-corrected chi connectivity index (χ2v) is 7.81. The van der Waals surface area contributed by atoms with Crippen LogP contribution in [-0.4, -0.2) is 21.4 Å². The number of hydrogen-bond acceptors (Lipinski definition) is 2. The zero-order valence-electron chi connectivity index (χ0n) is 13.5. The zero-order valence-corrected chi connectivity index (χ0v) is 15.1. The van der Waals surface area contributed by atoms with Gasteiger partial charge in [-0.05, 0) is 65.2 Å². The summed E-state index contributed by atoms with van der Waals surface area (Å²) < 4.78 is 2.91. The minimum atomic E-state index is -0.0754. The molecule has 0 radical (unpaired) electrons. The van der Waals surface area contributed by atoms with Crippen molar-refractivity contribution in [1.82, 2.24) is 15.1 Å². The molecule has 2 amide bonds. The molecule has 2 fully saturated rings. The van der Waals surface area contributed by atoms with Gasteiger partial charge >= 0.3 is 6.03 Å². The SMILES string of the molecule is O=C(Nc1ccc(CCn2cc(Br)cn2)cc1)NC12CCCC1C2. The number of benzene rings is 1. The molecule has 0 spiro atoms. The van der Waals surface area contributed by atoms with Gasteiger partial charge in [0.1, 0.15) is 0 Å². The molecule has 4 rings (SSSR count). The minimum absolute atomic E-state index is 0.0754. The van der Waals surface area contributed by atoms with Gasteiger partial charge in [-0.1, -0.05) is 18.6 Å². The van der Waals surface area contributed by atoms with Crippen molar-refractivity contribution < 1.29 is 4.79 Å². The van der Waals surface area contributed by atoms with Crippen molar-refractivity contribution in [2.45, 2.75) is 44.2 Å². The predicted molar refractivity (Wildman–Crippen MR) is 96.9 cm³/mol. The third-order valence-corrected chi connectivity index (χ3v) is 5.62. The van der Waals surface area contributed by atoms with Gasteiger partial charge in [-0.3, -0.25) is 4.68 Å². The number of hydrogen-bond donors (Lipinski definition) is 2. The largest absolute Gasteiger partial charge is 0.332 e. The molecule has 1 heterocycles. The van der Waals surface area contributed by atoms with Crippen LogP contribution in [0.15, 0.2) is 41.1 Å². The number of carbonyl (C=O) groups excluding carboxylic acids is 1. The number of anilines is 1. The Kier molecular flexibility index (Phi) is 4.08. The summed E-state index contributed by atoms with van der Waals surface area (Å²) in [5.41, 5.74) is 2.18. The number of aryl methyl sites for hydroxylation is 2. The molecule has 2 N–H and O–H groups in total. The number of carbonyl (C=O) groups is 1. The summed E-state index contributed by atoms with van der Waals surface area (Å²) in [5, 5.41) is 10.4. The minimum Gasteiger partial charge on any atom is -0.332 e. The van der Waals surface area contributed by atoms with Crippen LogP contribution >= 0.6 is 15.9 Å². The first-order valence-corrected chi connectivity index (χ1v) is 9.28. The number of urea groups is 1. The Hall–Kier alpha value is -1.82. The van der Waals surface area contributed by atoms with Crippen LogP contribution in [0.4, 0.5) is 10.5 Å². The smallest absolute Gasteiger partial charge is 0.319 e. The molecular weight excluding hydrogens is 368 g/mol. The number of halogens is 1. The Labute approximate surface area is 149 Å². The van der Waals surface area contributed by atoms with E-state index in [1.807, 2.05) is 23.0 Å². The molecule has 1 aromatic heterocycles. The van der Waals surface area contributed by atoms with Gasteiger partial charge in [0, 0.05) is 24.0 Å². The molecule has 24 heavy (non-hydrogen) atoms. The van der Waals surface area contributed by atoms with Gasteiger partial charge in [-0.2, -0.15) is 5.10 Å². The van der Waals surface area contributed by atoms with Gasteiger partial charge in [0.25, 0.3) is 0 Å². The normalized spacial score (nSPS) is 24.5. The van der Waals surface area contributed by atoms with Crippen LogP contribution in [0.25, 0.3) is 0 Å². The van der Waals surface area contributed by atoms with Gasteiger partial charge in [-0.15, -0.1) is 0 Å². The summed E-state index contributed by atoms with van der Waals surface area (Å²) in [6.07, 6.45) is 9.46. The van der Waals surface area contributed by atoms with E-state index in [1.165, 1.54) is 18.4 Å². The van der Waals surface area contributed by atoms with Crippen LogP contribution in [0.1, 0.15) is 31.2 Å². The zero-order chi connectivity index (χ0) is 16.6. The van der Waals surface area contributed by atoms with Gasteiger partial charge < -0.3 is 10.6 Å². The van der Waals surface area contributed by atoms with Crippen LogP contribution in [0.3, 0.4) is 0 Å². The van der Waals surface area contributed by atoms with E-state index in [0.717, 1.165) is 36.0 Å². The lowest BCUT2D eigenvalue weighted by Gasteiger charge is -2.15. The van der Waals surface area contributed by atoms with Gasteiger partial charge in [-0.25, -0.2) is 4.79 Å². The summed E-state index contributed by atoms with van der Waals surface area (Å²) in [6, 6.07) is 7.97. The third kappa shape index (κ3) is 3.34. The van der Waals surface area contributed by atoms with E-state index in [1.54, 1.807) is 6.20 Å². The van der Waals surface area contributed by atoms with E-state index in [-0.39, 0.29) is 11.6 Å². The van der Waals surface area contributed by atoms with E-state index in [0.29, 0.717) is 5.92 Å².